The number of benzene rings is 1. The quantitative estimate of drug-likeness (QED) is 0.781. The zero-order valence-corrected chi connectivity index (χ0v) is 13.9. The van der Waals surface area contributed by atoms with E-state index >= 15 is 0 Å². The molecule has 0 aliphatic heterocycles. The molecule has 0 heterocycles. The van der Waals surface area contributed by atoms with Crippen molar-refractivity contribution >= 4 is 10.0 Å². The Kier molecular flexibility index (Phi) is 6.73. The van der Waals surface area contributed by atoms with Gasteiger partial charge in [-0.3, -0.25) is 0 Å². The number of halogens is 1. The maximum absolute atomic E-state index is 13.4. The van der Waals surface area contributed by atoms with Gasteiger partial charge in [-0.15, -0.1) is 0 Å². The summed E-state index contributed by atoms with van der Waals surface area (Å²) in [7, 11) is 3.45. The summed E-state index contributed by atoms with van der Waals surface area (Å²) < 4.78 is 39.9. The fraction of sp³-hybridized carbons (Fsp3) is 0.571. The van der Waals surface area contributed by atoms with Crippen LogP contribution in [0, 0.1) is 5.82 Å². The van der Waals surface area contributed by atoms with Crippen LogP contribution in [0.4, 0.5) is 4.39 Å². The van der Waals surface area contributed by atoms with Crippen LogP contribution in [0.3, 0.4) is 0 Å². The summed E-state index contributed by atoms with van der Waals surface area (Å²) in [5.41, 5.74) is 0.568. The maximum atomic E-state index is 13.4. The van der Waals surface area contributed by atoms with Crippen molar-refractivity contribution in [1.82, 2.24) is 14.5 Å². The van der Waals surface area contributed by atoms with Crippen LogP contribution in [0.2, 0.25) is 0 Å². The van der Waals surface area contributed by atoms with Gasteiger partial charge in [-0.05, 0) is 51.8 Å². The summed E-state index contributed by atoms with van der Waals surface area (Å²) in [5.74, 6) is -0.546. The Morgan fingerprint density at radius 2 is 1.86 bits per heavy atom. The van der Waals surface area contributed by atoms with Crippen molar-refractivity contribution in [2.45, 2.75) is 17.9 Å². The minimum Gasteiger partial charge on any atom is -0.316 e. The topological polar surface area (TPSA) is 52.7 Å². The average Bonchev–Trinajstić information content (AvgIpc) is 2.40. The number of nitrogens with one attached hydrogen (secondary N) is 1. The van der Waals surface area contributed by atoms with E-state index < -0.39 is 15.8 Å². The van der Waals surface area contributed by atoms with Gasteiger partial charge in [0.05, 0.1) is 4.90 Å². The fourth-order valence-corrected chi connectivity index (χ4v) is 3.44. The van der Waals surface area contributed by atoms with Gasteiger partial charge in [0.1, 0.15) is 5.82 Å². The minimum atomic E-state index is -3.68. The van der Waals surface area contributed by atoms with E-state index in [4.69, 9.17) is 0 Å². The first-order valence-electron chi connectivity index (χ1n) is 6.83. The van der Waals surface area contributed by atoms with E-state index in [1.54, 1.807) is 7.05 Å². The zero-order valence-electron chi connectivity index (χ0n) is 13.1. The predicted molar refractivity (Wildman–Crippen MR) is 82.2 cm³/mol. The summed E-state index contributed by atoms with van der Waals surface area (Å²) in [6, 6.07) is 3.87. The molecule has 1 N–H and O–H groups in total. The standard InChI is InChI=1S/C14H24FN3O2S/c1-16-11-12-6-7-13(15)10-14(12)21(19,20)18(4)9-5-8-17(2)3/h6-7,10,16H,5,8-9,11H2,1-4H3. The lowest BCUT2D eigenvalue weighted by molar-refractivity contribution is 0.370. The third kappa shape index (κ3) is 5.03. The average molecular weight is 317 g/mol. The van der Waals surface area contributed by atoms with Crippen LogP contribution in [-0.2, 0) is 16.6 Å². The van der Waals surface area contributed by atoms with E-state index in [2.05, 4.69) is 5.32 Å². The first-order valence-corrected chi connectivity index (χ1v) is 8.27. The highest BCUT2D eigenvalue weighted by Crippen LogP contribution is 2.21. The molecule has 0 bridgehead atoms. The second-order valence-electron chi connectivity index (χ2n) is 5.27. The number of hydrogen-bond donors (Lipinski definition) is 1. The van der Waals surface area contributed by atoms with E-state index in [1.165, 1.54) is 23.5 Å². The highest BCUT2D eigenvalue weighted by molar-refractivity contribution is 7.89. The normalized spacial score (nSPS) is 12.3. The molecule has 21 heavy (non-hydrogen) atoms. The second-order valence-corrected chi connectivity index (χ2v) is 7.28. The smallest absolute Gasteiger partial charge is 0.243 e. The van der Waals surface area contributed by atoms with E-state index in [0.29, 0.717) is 18.7 Å². The molecule has 7 heteroatoms. The summed E-state index contributed by atoms with van der Waals surface area (Å²) in [5, 5.41) is 2.90. The number of nitrogens with zero attached hydrogens (tertiary/aromatic N) is 2. The van der Waals surface area contributed by atoms with Crippen LogP contribution in [0.1, 0.15) is 12.0 Å². The molecule has 0 saturated carbocycles. The lowest BCUT2D eigenvalue weighted by Gasteiger charge is -2.20. The summed E-state index contributed by atoms with van der Waals surface area (Å²) in [4.78, 5) is 2.03. The van der Waals surface area contributed by atoms with Crippen molar-refractivity contribution < 1.29 is 12.8 Å². The molecule has 0 amide bonds. The molecule has 0 aliphatic rings. The Morgan fingerprint density at radius 1 is 1.19 bits per heavy atom. The number of rotatable bonds is 8. The molecule has 0 fully saturated rings. The molecule has 0 aromatic heterocycles. The SMILES string of the molecule is CNCc1ccc(F)cc1S(=O)(=O)N(C)CCCN(C)C. The lowest BCUT2D eigenvalue weighted by atomic mass is 10.2. The van der Waals surface area contributed by atoms with Crippen LogP contribution < -0.4 is 5.32 Å². The van der Waals surface area contributed by atoms with Crippen LogP contribution in [0.5, 0.6) is 0 Å². The van der Waals surface area contributed by atoms with Crippen molar-refractivity contribution in [3.8, 4) is 0 Å². The molecule has 5 nitrogen and oxygen atoms in total. The molecule has 1 aromatic carbocycles. The van der Waals surface area contributed by atoms with E-state index in [9.17, 15) is 12.8 Å². The van der Waals surface area contributed by atoms with Crippen molar-refractivity contribution in [3.63, 3.8) is 0 Å². The lowest BCUT2D eigenvalue weighted by Crippen LogP contribution is -2.31. The summed E-state index contributed by atoms with van der Waals surface area (Å²) >= 11 is 0. The van der Waals surface area contributed by atoms with Crippen LogP contribution in [-0.4, -0.2) is 58.9 Å². The fourth-order valence-electron chi connectivity index (χ4n) is 2.00. The van der Waals surface area contributed by atoms with Gasteiger partial charge in [0.15, 0.2) is 0 Å². The van der Waals surface area contributed by atoms with Crippen LogP contribution in [0.15, 0.2) is 23.1 Å². The van der Waals surface area contributed by atoms with Gasteiger partial charge in [0, 0.05) is 20.1 Å². The third-order valence-electron chi connectivity index (χ3n) is 3.16. The predicted octanol–water partition coefficient (Wildman–Crippen LogP) is 1.12. The van der Waals surface area contributed by atoms with Crippen molar-refractivity contribution in [2.24, 2.45) is 0 Å². The molecule has 1 rings (SSSR count). The van der Waals surface area contributed by atoms with Gasteiger partial charge in [-0.1, -0.05) is 6.07 Å². The highest BCUT2D eigenvalue weighted by atomic mass is 32.2. The molecule has 120 valence electrons. The summed E-state index contributed by atoms with van der Waals surface area (Å²) in [6.45, 7) is 1.57. The largest absolute Gasteiger partial charge is 0.316 e. The van der Waals surface area contributed by atoms with E-state index in [0.717, 1.165) is 19.0 Å². The molecular weight excluding hydrogens is 293 g/mol. The van der Waals surface area contributed by atoms with Gasteiger partial charge in [-0.2, -0.15) is 0 Å². The molecule has 0 spiro atoms. The number of sulfonamides is 1. The molecular formula is C14H24FN3O2S. The minimum absolute atomic E-state index is 0.0317. The first kappa shape index (κ1) is 18.0. The van der Waals surface area contributed by atoms with E-state index in [1.807, 2.05) is 19.0 Å². The van der Waals surface area contributed by atoms with Gasteiger partial charge >= 0.3 is 0 Å². The molecule has 0 atom stereocenters. The third-order valence-corrected chi connectivity index (χ3v) is 5.10. The molecule has 0 saturated heterocycles. The van der Waals surface area contributed by atoms with Gasteiger partial charge in [-0.25, -0.2) is 17.1 Å². The summed E-state index contributed by atoms with van der Waals surface area (Å²) in [6.07, 6.45) is 0.722. The second kappa shape index (κ2) is 7.84. The molecule has 1 aromatic rings. The molecule has 0 unspecified atom stereocenters. The molecule has 0 aliphatic carbocycles. The Morgan fingerprint density at radius 3 is 2.43 bits per heavy atom. The van der Waals surface area contributed by atoms with Gasteiger partial charge in [0.2, 0.25) is 10.0 Å². The van der Waals surface area contributed by atoms with Crippen LogP contribution in [0.25, 0.3) is 0 Å². The zero-order chi connectivity index (χ0) is 16.0. The maximum Gasteiger partial charge on any atom is 0.243 e. The van der Waals surface area contributed by atoms with Crippen molar-refractivity contribution in [2.75, 3.05) is 41.3 Å². The number of hydrogen-bond acceptors (Lipinski definition) is 4. The van der Waals surface area contributed by atoms with Crippen LogP contribution >= 0.6 is 0 Å². The monoisotopic (exact) mass is 317 g/mol. The highest BCUT2D eigenvalue weighted by Gasteiger charge is 2.24. The van der Waals surface area contributed by atoms with Gasteiger partial charge in [0.25, 0.3) is 0 Å². The Balaban J connectivity index is 2.98. The first-order chi connectivity index (χ1) is 9.78. The Labute approximate surface area is 126 Å². The van der Waals surface area contributed by atoms with Crippen molar-refractivity contribution in [1.29, 1.82) is 0 Å². The van der Waals surface area contributed by atoms with Gasteiger partial charge < -0.3 is 10.2 Å². The van der Waals surface area contributed by atoms with Crippen molar-refractivity contribution in [3.05, 3.63) is 29.6 Å². The Hall–Kier alpha value is -1.02. The van der Waals surface area contributed by atoms with E-state index in [-0.39, 0.29) is 4.90 Å². The molecule has 0 radical (unpaired) electrons. The Bertz CT molecular complexity index is 561.